The van der Waals surface area contributed by atoms with Crippen LogP contribution in [-0.2, 0) is 30.5 Å². The average Bonchev–Trinajstić information content (AvgIpc) is 2.78. The van der Waals surface area contributed by atoms with Crippen molar-refractivity contribution in [3.63, 3.8) is 0 Å². The Balaban J connectivity index is 1.95. The number of ketones is 2. The average molecular weight is 404 g/mol. The van der Waals surface area contributed by atoms with Crippen LogP contribution in [0.3, 0.4) is 0 Å². The van der Waals surface area contributed by atoms with Crippen LogP contribution in [0.25, 0.3) is 0 Å². The fourth-order valence-corrected chi connectivity index (χ4v) is 2.98. The number of Topliss-reactive ketones (excluding diaryl/α,β-unsaturated/α-hetero) is 2. The van der Waals surface area contributed by atoms with E-state index in [1.165, 1.54) is 0 Å². The third kappa shape index (κ3) is 7.30. The molecule has 2 N–H and O–H groups in total. The van der Waals surface area contributed by atoms with E-state index in [0.717, 1.165) is 5.56 Å². The lowest BCUT2D eigenvalue weighted by atomic mass is 9.90. The predicted octanol–water partition coefficient (Wildman–Crippen LogP) is 1.62. The molecular formula is C21H28N2O6. The monoisotopic (exact) mass is 404 g/mol. The third-order valence-corrected chi connectivity index (χ3v) is 4.61. The second-order valence-corrected chi connectivity index (χ2v) is 7.34. The zero-order valence-electron chi connectivity index (χ0n) is 16.8. The van der Waals surface area contributed by atoms with Crippen molar-refractivity contribution in [3.05, 3.63) is 35.9 Å². The van der Waals surface area contributed by atoms with Gasteiger partial charge in [0.15, 0.2) is 5.78 Å². The van der Waals surface area contributed by atoms with Crippen LogP contribution in [0.2, 0.25) is 0 Å². The van der Waals surface area contributed by atoms with Crippen molar-refractivity contribution >= 4 is 23.6 Å². The van der Waals surface area contributed by atoms with Gasteiger partial charge in [-0.2, -0.15) is 0 Å². The van der Waals surface area contributed by atoms with Crippen molar-refractivity contribution in [1.29, 1.82) is 0 Å². The van der Waals surface area contributed by atoms with Crippen LogP contribution >= 0.6 is 0 Å². The minimum atomic E-state index is -0.871. The molecule has 2 unspecified atom stereocenters. The van der Waals surface area contributed by atoms with Crippen molar-refractivity contribution < 1.29 is 28.7 Å². The number of carbonyl (C=O) groups is 4. The standard InChI is InChI=1S/C21H28N2O6/c1-14(2)18(23-21(27)29-12-15-7-4-3-5-8-15)17(24)11-16-13-28-10-6-9-22-20(26)19(16)25/h3-5,7-8,14,16,18H,6,9-13H2,1-2H3,(H,22,26)(H,23,27). The normalized spacial score (nSPS) is 18.8. The molecule has 0 bridgehead atoms. The number of amides is 2. The summed E-state index contributed by atoms with van der Waals surface area (Å²) in [4.78, 5) is 49.1. The van der Waals surface area contributed by atoms with Gasteiger partial charge in [0.25, 0.3) is 5.91 Å². The molecular weight excluding hydrogens is 376 g/mol. The minimum Gasteiger partial charge on any atom is -0.445 e. The van der Waals surface area contributed by atoms with E-state index in [9.17, 15) is 19.2 Å². The highest BCUT2D eigenvalue weighted by atomic mass is 16.5. The molecule has 1 fully saturated rings. The lowest BCUT2D eigenvalue weighted by Crippen LogP contribution is -2.46. The van der Waals surface area contributed by atoms with Gasteiger partial charge < -0.3 is 20.1 Å². The lowest BCUT2D eigenvalue weighted by Gasteiger charge is -2.23. The highest BCUT2D eigenvalue weighted by Gasteiger charge is 2.33. The van der Waals surface area contributed by atoms with Crippen molar-refractivity contribution in [1.82, 2.24) is 10.6 Å². The summed E-state index contributed by atoms with van der Waals surface area (Å²) in [6.07, 6.45) is -0.298. The molecule has 2 atom stereocenters. The van der Waals surface area contributed by atoms with Gasteiger partial charge in [0.2, 0.25) is 5.78 Å². The van der Waals surface area contributed by atoms with E-state index in [1.807, 2.05) is 30.3 Å². The molecule has 0 radical (unpaired) electrons. The molecule has 1 saturated heterocycles. The third-order valence-electron chi connectivity index (χ3n) is 4.61. The number of nitrogens with one attached hydrogen (secondary N) is 2. The maximum Gasteiger partial charge on any atom is 0.408 e. The molecule has 29 heavy (non-hydrogen) atoms. The lowest BCUT2D eigenvalue weighted by molar-refractivity contribution is -0.142. The maximum atomic E-state index is 12.8. The van der Waals surface area contributed by atoms with E-state index in [4.69, 9.17) is 9.47 Å². The van der Waals surface area contributed by atoms with Crippen LogP contribution in [0.15, 0.2) is 30.3 Å². The molecule has 0 aromatic heterocycles. The van der Waals surface area contributed by atoms with Gasteiger partial charge in [0.1, 0.15) is 6.61 Å². The Kier molecular flexibility index (Phi) is 8.79. The van der Waals surface area contributed by atoms with Gasteiger partial charge >= 0.3 is 6.09 Å². The molecule has 1 aromatic rings. The first-order valence-electron chi connectivity index (χ1n) is 9.78. The van der Waals surface area contributed by atoms with Gasteiger partial charge in [-0.05, 0) is 17.9 Å². The second kappa shape index (κ2) is 11.3. The highest BCUT2D eigenvalue weighted by molar-refractivity contribution is 6.37. The van der Waals surface area contributed by atoms with Crippen LogP contribution < -0.4 is 10.6 Å². The molecule has 8 nitrogen and oxygen atoms in total. The Morgan fingerprint density at radius 2 is 1.97 bits per heavy atom. The number of hydrogen-bond acceptors (Lipinski definition) is 6. The SMILES string of the molecule is CC(C)C(NC(=O)OCc1ccccc1)C(=O)CC1COCCCNC(=O)C1=O. The number of alkyl carbamates (subject to hydrolysis) is 1. The van der Waals surface area contributed by atoms with E-state index >= 15 is 0 Å². The van der Waals surface area contributed by atoms with E-state index in [1.54, 1.807) is 13.8 Å². The molecule has 2 amide bonds. The van der Waals surface area contributed by atoms with Gasteiger partial charge in [-0.1, -0.05) is 44.2 Å². The summed E-state index contributed by atoms with van der Waals surface area (Å²) in [7, 11) is 0. The molecule has 0 aliphatic carbocycles. The summed E-state index contributed by atoms with van der Waals surface area (Å²) in [6, 6.07) is 8.35. The van der Waals surface area contributed by atoms with E-state index in [0.29, 0.717) is 19.6 Å². The minimum absolute atomic E-state index is 0.00125. The smallest absolute Gasteiger partial charge is 0.408 e. The fourth-order valence-electron chi connectivity index (χ4n) is 2.98. The van der Waals surface area contributed by atoms with Gasteiger partial charge in [0.05, 0.1) is 18.6 Å². The Bertz CT molecular complexity index is 719. The van der Waals surface area contributed by atoms with Crippen LogP contribution in [0.5, 0.6) is 0 Å². The summed E-state index contributed by atoms with van der Waals surface area (Å²) < 4.78 is 10.6. The second-order valence-electron chi connectivity index (χ2n) is 7.34. The quantitative estimate of drug-likeness (QED) is 0.668. The summed E-state index contributed by atoms with van der Waals surface area (Å²) in [6.45, 7) is 4.41. The topological polar surface area (TPSA) is 111 Å². The van der Waals surface area contributed by atoms with E-state index < -0.39 is 29.7 Å². The largest absolute Gasteiger partial charge is 0.445 e. The Labute approximate surface area is 170 Å². The number of benzene rings is 1. The Morgan fingerprint density at radius 1 is 1.24 bits per heavy atom. The van der Waals surface area contributed by atoms with Crippen molar-refractivity contribution in [3.8, 4) is 0 Å². The summed E-state index contributed by atoms with van der Waals surface area (Å²) in [5.41, 5.74) is 0.828. The van der Waals surface area contributed by atoms with Gasteiger partial charge in [-0.3, -0.25) is 14.4 Å². The Morgan fingerprint density at radius 3 is 2.66 bits per heavy atom. The number of hydrogen-bond donors (Lipinski definition) is 2. The number of ether oxygens (including phenoxy) is 2. The molecule has 1 aromatic carbocycles. The fraction of sp³-hybridized carbons (Fsp3) is 0.524. The summed E-state index contributed by atoms with van der Waals surface area (Å²) >= 11 is 0. The van der Waals surface area contributed by atoms with Crippen molar-refractivity contribution in [2.45, 2.75) is 39.3 Å². The summed E-state index contributed by atoms with van der Waals surface area (Å²) in [5.74, 6) is -2.80. The van der Waals surface area contributed by atoms with Gasteiger partial charge in [-0.25, -0.2) is 4.79 Å². The molecule has 2 rings (SSSR count). The molecule has 1 aliphatic rings. The summed E-state index contributed by atoms with van der Waals surface area (Å²) in [5, 5.41) is 5.10. The zero-order chi connectivity index (χ0) is 21.2. The molecule has 0 saturated carbocycles. The van der Waals surface area contributed by atoms with Crippen LogP contribution in [0, 0.1) is 11.8 Å². The van der Waals surface area contributed by atoms with Crippen LogP contribution in [-0.4, -0.2) is 49.4 Å². The van der Waals surface area contributed by atoms with Crippen molar-refractivity contribution in [2.75, 3.05) is 19.8 Å². The van der Waals surface area contributed by atoms with Gasteiger partial charge in [0, 0.05) is 19.6 Å². The van der Waals surface area contributed by atoms with Crippen LogP contribution in [0.1, 0.15) is 32.3 Å². The number of rotatable bonds is 7. The maximum absolute atomic E-state index is 12.8. The highest BCUT2D eigenvalue weighted by Crippen LogP contribution is 2.14. The molecule has 0 spiro atoms. The first-order valence-corrected chi connectivity index (χ1v) is 9.78. The van der Waals surface area contributed by atoms with Crippen molar-refractivity contribution in [2.24, 2.45) is 11.8 Å². The zero-order valence-corrected chi connectivity index (χ0v) is 16.8. The van der Waals surface area contributed by atoms with E-state index in [-0.39, 0.29) is 31.3 Å². The van der Waals surface area contributed by atoms with Gasteiger partial charge in [-0.15, -0.1) is 0 Å². The van der Waals surface area contributed by atoms with E-state index in [2.05, 4.69) is 10.6 Å². The molecule has 1 aliphatic heterocycles. The molecule has 8 heteroatoms. The molecule has 158 valence electrons. The number of carbonyl (C=O) groups excluding carboxylic acids is 4. The predicted molar refractivity (Wildman–Crippen MR) is 105 cm³/mol. The molecule has 1 heterocycles. The first-order chi connectivity index (χ1) is 13.9. The van der Waals surface area contributed by atoms with Crippen LogP contribution in [0.4, 0.5) is 4.79 Å². The first kappa shape index (κ1) is 22.5. The Hall–Kier alpha value is -2.74.